The minimum atomic E-state index is -3.88. The van der Waals surface area contributed by atoms with E-state index in [2.05, 4.69) is 0 Å². The average Bonchev–Trinajstić information content (AvgIpc) is 2.38. The molecule has 1 rings (SSSR count). The number of hydrogen-bond acceptors (Lipinski definition) is 4. The number of ether oxygens (including phenoxy) is 1. The number of aliphatic hydroxyl groups excluding tert-OH is 1. The summed E-state index contributed by atoms with van der Waals surface area (Å²) in [5.74, 6) is -0.866. The summed E-state index contributed by atoms with van der Waals surface area (Å²) in [4.78, 5) is -0.399. The van der Waals surface area contributed by atoms with Gasteiger partial charge in [0.2, 0.25) is 10.0 Å². The van der Waals surface area contributed by atoms with Gasteiger partial charge in [-0.25, -0.2) is 12.8 Å². The third-order valence-electron chi connectivity index (χ3n) is 2.62. The lowest BCUT2D eigenvalue weighted by Gasteiger charge is -2.17. The number of nitrogens with zero attached hydrogens (tertiary/aromatic N) is 1. The molecule has 1 aromatic rings. The molecule has 19 heavy (non-hydrogen) atoms. The summed E-state index contributed by atoms with van der Waals surface area (Å²) in [5, 5.41) is 8.87. The predicted octanol–water partition coefficient (Wildman–Crippen LogP) is 0.975. The third-order valence-corrected chi connectivity index (χ3v) is 4.51. The highest BCUT2D eigenvalue weighted by atomic mass is 32.2. The van der Waals surface area contributed by atoms with Gasteiger partial charge in [-0.1, -0.05) is 6.07 Å². The van der Waals surface area contributed by atoms with E-state index in [1.165, 1.54) is 13.1 Å². The molecule has 0 radical (unpaired) electrons. The Morgan fingerprint density at radius 3 is 2.63 bits per heavy atom. The standard InChI is InChI=1S/C12H18FNO4S/c1-3-18-7-6-14(2)19(16,17)12-5-4-10(9-15)8-11(12)13/h4-5,8,15H,3,6-7,9H2,1-2H3. The number of benzene rings is 1. The quantitative estimate of drug-likeness (QED) is 0.760. The molecule has 5 nitrogen and oxygen atoms in total. The van der Waals surface area contributed by atoms with Crippen LogP contribution in [0.4, 0.5) is 4.39 Å². The van der Waals surface area contributed by atoms with Crippen molar-refractivity contribution in [2.45, 2.75) is 18.4 Å². The first-order valence-electron chi connectivity index (χ1n) is 5.86. The zero-order valence-corrected chi connectivity index (χ0v) is 11.8. The molecule has 1 aromatic carbocycles. The summed E-state index contributed by atoms with van der Waals surface area (Å²) in [7, 11) is -2.51. The van der Waals surface area contributed by atoms with Gasteiger partial charge in [-0.15, -0.1) is 0 Å². The molecule has 0 saturated carbocycles. The molecule has 0 bridgehead atoms. The van der Waals surface area contributed by atoms with Gasteiger partial charge in [0.1, 0.15) is 10.7 Å². The molecular weight excluding hydrogens is 273 g/mol. The Balaban J connectivity index is 2.93. The van der Waals surface area contributed by atoms with Crippen molar-refractivity contribution in [3.63, 3.8) is 0 Å². The number of halogens is 1. The predicted molar refractivity (Wildman–Crippen MR) is 68.6 cm³/mol. The zero-order chi connectivity index (χ0) is 14.5. The van der Waals surface area contributed by atoms with E-state index in [0.717, 1.165) is 16.4 Å². The number of hydrogen-bond donors (Lipinski definition) is 1. The Morgan fingerprint density at radius 1 is 1.42 bits per heavy atom. The lowest BCUT2D eigenvalue weighted by atomic mass is 10.2. The van der Waals surface area contributed by atoms with E-state index in [4.69, 9.17) is 9.84 Å². The summed E-state index contributed by atoms with van der Waals surface area (Å²) in [6.07, 6.45) is 0. The van der Waals surface area contributed by atoms with Crippen molar-refractivity contribution >= 4 is 10.0 Å². The maximum Gasteiger partial charge on any atom is 0.245 e. The molecule has 0 amide bonds. The monoisotopic (exact) mass is 291 g/mol. The van der Waals surface area contributed by atoms with Crippen LogP contribution in [0.1, 0.15) is 12.5 Å². The maximum atomic E-state index is 13.7. The number of aliphatic hydroxyl groups is 1. The molecule has 0 saturated heterocycles. The average molecular weight is 291 g/mol. The van der Waals surface area contributed by atoms with Gasteiger partial charge in [0.05, 0.1) is 13.2 Å². The first-order chi connectivity index (χ1) is 8.93. The molecule has 0 heterocycles. The van der Waals surface area contributed by atoms with Crippen molar-refractivity contribution in [1.82, 2.24) is 4.31 Å². The minimum absolute atomic E-state index is 0.150. The Hall–Kier alpha value is -1.02. The van der Waals surface area contributed by atoms with Crippen LogP contribution in [0.15, 0.2) is 23.1 Å². The van der Waals surface area contributed by atoms with Crippen LogP contribution in [-0.4, -0.2) is 44.6 Å². The molecule has 1 N–H and O–H groups in total. The minimum Gasteiger partial charge on any atom is -0.392 e. The van der Waals surface area contributed by atoms with Crippen molar-refractivity contribution in [2.24, 2.45) is 0 Å². The van der Waals surface area contributed by atoms with Crippen molar-refractivity contribution in [2.75, 3.05) is 26.8 Å². The number of likely N-dealkylation sites (N-methyl/N-ethyl adjacent to an activating group) is 1. The molecule has 0 unspecified atom stereocenters. The van der Waals surface area contributed by atoms with Crippen LogP contribution >= 0.6 is 0 Å². The van der Waals surface area contributed by atoms with Gasteiger partial charge in [-0.2, -0.15) is 4.31 Å². The van der Waals surface area contributed by atoms with Gasteiger partial charge >= 0.3 is 0 Å². The van der Waals surface area contributed by atoms with E-state index in [1.807, 2.05) is 6.92 Å². The van der Waals surface area contributed by atoms with E-state index >= 15 is 0 Å². The van der Waals surface area contributed by atoms with Gasteiger partial charge in [-0.05, 0) is 24.6 Å². The molecule has 0 aromatic heterocycles. The highest BCUT2D eigenvalue weighted by Gasteiger charge is 2.24. The van der Waals surface area contributed by atoms with Gasteiger partial charge in [0, 0.05) is 20.2 Å². The third kappa shape index (κ3) is 3.97. The van der Waals surface area contributed by atoms with Gasteiger partial charge < -0.3 is 9.84 Å². The van der Waals surface area contributed by atoms with Gasteiger partial charge in [0.15, 0.2) is 0 Å². The molecular formula is C12H18FNO4S. The van der Waals surface area contributed by atoms with E-state index in [9.17, 15) is 12.8 Å². The van der Waals surface area contributed by atoms with Crippen LogP contribution in [0.3, 0.4) is 0 Å². The van der Waals surface area contributed by atoms with Crippen molar-refractivity contribution in [3.8, 4) is 0 Å². The Labute approximate surface area is 112 Å². The number of sulfonamides is 1. The van der Waals surface area contributed by atoms with Crippen LogP contribution < -0.4 is 0 Å². The van der Waals surface area contributed by atoms with E-state index < -0.39 is 20.7 Å². The summed E-state index contributed by atoms with van der Waals surface area (Å²) in [6, 6.07) is 3.56. The second-order valence-electron chi connectivity index (χ2n) is 3.95. The largest absolute Gasteiger partial charge is 0.392 e. The summed E-state index contributed by atoms with van der Waals surface area (Å²) in [5.41, 5.74) is 0.327. The smallest absolute Gasteiger partial charge is 0.245 e. The fourth-order valence-corrected chi connectivity index (χ4v) is 2.67. The summed E-state index contributed by atoms with van der Waals surface area (Å²) < 4.78 is 44.1. The molecule has 0 fully saturated rings. The molecule has 0 aliphatic rings. The fourth-order valence-electron chi connectivity index (χ4n) is 1.48. The van der Waals surface area contributed by atoms with Crippen LogP contribution in [0.2, 0.25) is 0 Å². The van der Waals surface area contributed by atoms with Crippen molar-refractivity contribution < 1.29 is 22.7 Å². The normalized spacial score (nSPS) is 12.1. The SMILES string of the molecule is CCOCCN(C)S(=O)(=O)c1ccc(CO)cc1F. The lowest BCUT2D eigenvalue weighted by Crippen LogP contribution is -2.31. The second-order valence-corrected chi connectivity index (χ2v) is 5.96. The fraction of sp³-hybridized carbons (Fsp3) is 0.500. The first-order valence-corrected chi connectivity index (χ1v) is 7.30. The first kappa shape index (κ1) is 16.0. The summed E-state index contributed by atoms with van der Waals surface area (Å²) >= 11 is 0. The Morgan fingerprint density at radius 2 is 2.11 bits per heavy atom. The highest BCUT2D eigenvalue weighted by molar-refractivity contribution is 7.89. The molecule has 0 atom stereocenters. The van der Waals surface area contributed by atoms with E-state index in [-0.39, 0.29) is 19.8 Å². The Bertz CT molecular complexity index is 518. The Kier molecular flexibility index (Phi) is 5.86. The lowest BCUT2D eigenvalue weighted by molar-refractivity contribution is 0.138. The molecule has 7 heteroatoms. The van der Waals surface area contributed by atoms with Crippen LogP contribution in [-0.2, 0) is 21.4 Å². The molecule has 108 valence electrons. The van der Waals surface area contributed by atoms with Crippen LogP contribution in [0, 0.1) is 5.82 Å². The maximum absolute atomic E-state index is 13.7. The van der Waals surface area contributed by atoms with E-state index in [1.54, 1.807) is 0 Å². The number of rotatable bonds is 7. The van der Waals surface area contributed by atoms with Crippen molar-refractivity contribution in [1.29, 1.82) is 0 Å². The highest BCUT2D eigenvalue weighted by Crippen LogP contribution is 2.19. The van der Waals surface area contributed by atoms with Crippen LogP contribution in [0.25, 0.3) is 0 Å². The molecule has 0 spiro atoms. The summed E-state index contributed by atoms with van der Waals surface area (Å²) in [6.45, 7) is 2.37. The molecule has 0 aliphatic carbocycles. The topological polar surface area (TPSA) is 66.8 Å². The van der Waals surface area contributed by atoms with E-state index in [0.29, 0.717) is 12.2 Å². The molecule has 0 aliphatic heterocycles. The zero-order valence-electron chi connectivity index (χ0n) is 11.0. The van der Waals surface area contributed by atoms with Crippen molar-refractivity contribution in [3.05, 3.63) is 29.6 Å². The van der Waals surface area contributed by atoms with Gasteiger partial charge in [0.25, 0.3) is 0 Å². The van der Waals surface area contributed by atoms with Gasteiger partial charge in [-0.3, -0.25) is 0 Å². The second kappa shape index (κ2) is 6.95. The van der Waals surface area contributed by atoms with Crippen LogP contribution in [0.5, 0.6) is 0 Å².